The summed E-state index contributed by atoms with van der Waals surface area (Å²) in [5.74, 6) is -0.144. The van der Waals surface area contributed by atoms with Crippen molar-refractivity contribution in [3.63, 3.8) is 0 Å². The van der Waals surface area contributed by atoms with Crippen molar-refractivity contribution in [3.05, 3.63) is 34.3 Å². The molecule has 1 aromatic carbocycles. The molecule has 3 nitrogen and oxygen atoms in total. The van der Waals surface area contributed by atoms with Crippen LogP contribution in [0.1, 0.15) is 31.2 Å². The lowest BCUT2D eigenvalue weighted by Gasteiger charge is -2.22. The Labute approximate surface area is 122 Å². The summed E-state index contributed by atoms with van der Waals surface area (Å²) in [5.41, 5.74) is 1.14. The van der Waals surface area contributed by atoms with Gasteiger partial charge in [0, 0.05) is 17.5 Å². The SMILES string of the molecule is O=C(CCc1cccc(Br)c1)OCC1CCCCO1. The van der Waals surface area contributed by atoms with Gasteiger partial charge in [0.25, 0.3) is 0 Å². The van der Waals surface area contributed by atoms with E-state index < -0.39 is 0 Å². The monoisotopic (exact) mass is 326 g/mol. The number of rotatable bonds is 5. The standard InChI is InChI=1S/C15H19BrO3/c16-13-5-3-4-12(10-13)7-8-15(17)19-11-14-6-1-2-9-18-14/h3-5,10,14H,1-2,6-9,11H2. The third-order valence-corrected chi connectivity index (χ3v) is 3.70. The van der Waals surface area contributed by atoms with Crippen molar-refractivity contribution < 1.29 is 14.3 Å². The molecule has 0 spiro atoms. The van der Waals surface area contributed by atoms with Crippen LogP contribution in [0.5, 0.6) is 0 Å². The maximum Gasteiger partial charge on any atom is 0.306 e. The molecule has 0 N–H and O–H groups in total. The van der Waals surface area contributed by atoms with Crippen LogP contribution in [0.4, 0.5) is 0 Å². The van der Waals surface area contributed by atoms with Gasteiger partial charge in [-0.2, -0.15) is 0 Å². The van der Waals surface area contributed by atoms with Crippen molar-refractivity contribution in [3.8, 4) is 0 Å². The minimum absolute atomic E-state index is 0.101. The van der Waals surface area contributed by atoms with E-state index in [2.05, 4.69) is 15.9 Å². The fraction of sp³-hybridized carbons (Fsp3) is 0.533. The summed E-state index contributed by atoms with van der Waals surface area (Å²) in [7, 11) is 0. The van der Waals surface area contributed by atoms with E-state index in [0.717, 1.165) is 29.5 Å². The third kappa shape index (κ3) is 5.33. The molecule has 1 fully saturated rings. The summed E-state index contributed by atoms with van der Waals surface area (Å²) in [5, 5.41) is 0. The van der Waals surface area contributed by atoms with E-state index in [4.69, 9.17) is 9.47 Å². The molecule has 2 rings (SSSR count). The van der Waals surface area contributed by atoms with Gasteiger partial charge in [-0.05, 0) is 43.4 Å². The summed E-state index contributed by atoms with van der Waals surface area (Å²) in [6.45, 7) is 1.19. The second-order valence-corrected chi connectivity index (χ2v) is 5.72. The Balaban J connectivity index is 1.66. The van der Waals surface area contributed by atoms with Gasteiger partial charge in [0.15, 0.2) is 0 Å². The predicted octanol–water partition coefficient (Wildman–Crippen LogP) is 3.49. The van der Waals surface area contributed by atoms with Gasteiger partial charge < -0.3 is 9.47 Å². The average Bonchev–Trinajstić information content (AvgIpc) is 2.44. The van der Waals surface area contributed by atoms with Crippen LogP contribution in [-0.2, 0) is 20.7 Å². The first-order valence-electron chi connectivity index (χ1n) is 6.76. The Morgan fingerprint density at radius 2 is 2.32 bits per heavy atom. The van der Waals surface area contributed by atoms with E-state index in [1.54, 1.807) is 0 Å². The smallest absolute Gasteiger partial charge is 0.306 e. The summed E-state index contributed by atoms with van der Waals surface area (Å²) in [4.78, 5) is 11.7. The summed E-state index contributed by atoms with van der Waals surface area (Å²) >= 11 is 3.42. The van der Waals surface area contributed by atoms with Crippen molar-refractivity contribution in [2.24, 2.45) is 0 Å². The molecule has 0 aliphatic carbocycles. The maximum atomic E-state index is 11.7. The Morgan fingerprint density at radius 3 is 3.05 bits per heavy atom. The van der Waals surface area contributed by atoms with E-state index in [9.17, 15) is 4.79 Å². The second-order valence-electron chi connectivity index (χ2n) is 4.80. The van der Waals surface area contributed by atoms with E-state index in [1.165, 1.54) is 6.42 Å². The quantitative estimate of drug-likeness (QED) is 0.777. The van der Waals surface area contributed by atoms with Crippen LogP contribution >= 0.6 is 15.9 Å². The highest BCUT2D eigenvalue weighted by atomic mass is 79.9. The molecule has 1 saturated heterocycles. The number of carbonyl (C=O) groups is 1. The van der Waals surface area contributed by atoms with Gasteiger partial charge >= 0.3 is 5.97 Å². The zero-order valence-corrected chi connectivity index (χ0v) is 12.5. The number of ether oxygens (including phenoxy) is 2. The van der Waals surface area contributed by atoms with Crippen LogP contribution in [0, 0.1) is 0 Å². The van der Waals surface area contributed by atoms with Crippen LogP contribution in [0.25, 0.3) is 0 Å². The first-order chi connectivity index (χ1) is 9.24. The largest absolute Gasteiger partial charge is 0.463 e. The van der Waals surface area contributed by atoms with Crippen molar-refractivity contribution >= 4 is 21.9 Å². The minimum atomic E-state index is -0.144. The number of halogens is 1. The highest BCUT2D eigenvalue weighted by Crippen LogP contribution is 2.15. The van der Waals surface area contributed by atoms with Gasteiger partial charge in [-0.15, -0.1) is 0 Å². The van der Waals surface area contributed by atoms with Crippen LogP contribution < -0.4 is 0 Å². The molecule has 0 aromatic heterocycles. The fourth-order valence-electron chi connectivity index (χ4n) is 2.14. The molecule has 1 unspecified atom stereocenters. The Morgan fingerprint density at radius 1 is 1.42 bits per heavy atom. The molecule has 1 aliphatic rings. The van der Waals surface area contributed by atoms with Crippen molar-refractivity contribution in [2.45, 2.75) is 38.2 Å². The average molecular weight is 327 g/mol. The first-order valence-corrected chi connectivity index (χ1v) is 7.55. The van der Waals surface area contributed by atoms with Crippen LogP contribution in [0.15, 0.2) is 28.7 Å². The molecule has 0 amide bonds. The molecule has 1 aliphatic heterocycles. The van der Waals surface area contributed by atoms with Gasteiger partial charge in [0.2, 0.25) is 0 Å². The van der Waals surface area contributed by atoms with E-state index in [1.807, 2.05) is 24.3 Å². The third-order valence-electron chi connectivity index (χ3n) is 3.21. The van der Waals surface area contributed by atoms with Crippen molar-refractivity contribution in [2.75, 3.05) is 13.2 Å². The number of carbonyl (C=O) groups excluding carboxylic acids is 1. The lowest BCUT2D eigenvalue weighted by molar-refractivity contribution is -0.149. The van der Waals surface area contributed by atoms with E-state index in [0.29, 0.717) is 19.4 Å². The lowest BCUT2D eigenvalue weighted by atomic mass is 10.1. The van der Waals surface area contributed by atoms with Gasteiger partial charge in [-0.3, -0.25) is 4.79 Å². The normalized spacial score (nSPS) is 19.1. The highest BCUT2D eigenvalue weighted by molar-refractivity contribution is 9.10. The molecule has 1 heterocycles. The van der Waals surface area contributed by atoms with Gasteiger partial charge in [0.1, 0.15) is 6.61 Å². The molecular weight excluding hydrogens is 308 g/mol. The number of hydrogen-bond acceptors (Lipinski definition) is 3. The van der Waals surface area contributed by atoms with Gasteiger partial charge in [-0.1, -0.05) is 28.1 Å². The molecule has 1 atom stereocenters. The predicted molar refractivity (Wildman–Crippen MR) is 77.0 cm³/mol. The summed E-state index contributed by atoms with van der Waals surface area (Å²) in [6.07, 6.45) is 4.52. The molecule has 0 saturated carbocycles. The summed E-state index contributed by atoms with van der Waals surface area (Å²) < 4.78 is 11.8. The zero-order valence-electron chi connectivity index (χ0n) is 10.9. The number of hydrogen-bond donors (Lipinski definition) is 0. The lowest BCUT2D eigenvalue weighted by Crippen LogP contribution is -2.26. The molecule has 1 aromatic rings. The van der Waals surface area contributed by atoms with Gasteiger partial charge in [0.05, 0.1) is 6.10 Å². The number of benzene rings is 1. The maximum absolute atomic E-state index is 11.7. The van der Waals surface area contributed by atoms with Crippen LogP contribution in [-0.4, -0.2) is 25.3 Å². The van der Waals surface area contributed by atoms with Gasteiger partial charge in [-0.25, -0.2) is 0 Å². The Kier molecular flexibility index (Phi) is 5.86. The Hall–Kier alpha value is -0.870. The topological polar surface area (TPSA) is 35.5 Å². The molecule has 0 bridgehead atoms. The molecule has 104 valence electrons. The molecule has 19 heavy (non-hydrogen) atoms. The van der Waals surface area contributed by atoms with Crippen LogP contribution in [0.2, 0.25) is 0 Å². The molecule has 0 radical (unpaired) electrons. The second kappa shape index (κ2) is 7.65. The van der Waals surface area contributed by atoms with Crippen LogP contribution in [0.3, 0.4) is 0 Å². The first kappa shape index (κ1) is 14.5. The highest BCUT2D eigenvalue weighted by Gasteiger charge is 2.15. The Bertz CT molecular complexity index is 414. The van der Waals surface area contributed by atoms with Crippen molar-refractivity contribution in [1.29, 1.82) is 0 Å². The van der Waals surface area contributed by atoms with E-state index in [-0.39, 0.29) is 12.1 Å². The van der Waals surface area contributed by atoms with E-state index >= 15 is 0 Å². The number of aryl methyl sites for hydroxylation is 1. The molecule has 4 heteroatoms. The zero-order chi connectivity index (χ0) is 13.5. The number of esters is 1. The fourth-order valence-corrected chi connectivity index (χ4v) is 2.58. The minimum Gasteiger partial charge on any atom is -0.463 e. The van der Waals surface area contributed by atoms with Crippen molar-refractivity contribution in [1.82, 2.24) is 0 Å². The summed E-state index contributed by atoms with van der Waals surface area (Å²) in [6, 6.07) is 7.99. The molecular formula is C15H19BrO3.